The summed E-state index contributed by atoms with van der Waals surface area (Å²) in [6.07, 6.45) is 0.931. The van der Waals surface area contributed by atoms with Crippen LogP contribution in [0, 0.1) is 0 Å². The van der Waals surface area contributed by atoms with Crippen LogP contribution < -0.4 is 10.9 Å². The van der Waals surface area contributed by atoms with Gasteiger partial charge in [-0.1, -0.05) is 43.3 Å². The van der Waals surface area contributed by atoms with Crippen LogP contribution in [0.15, 0.2) is 65.5 Å². The number of hydrogen-bond acceptors (Lipinski definition) is 5. The zero-order valence-corrected chi connectivity index (χ0v) is 16.9. The molecule has 0 aliphatic carbocycles. The van der Waals surface area contributed by atoms with Crippen molar-refractivity contribution in [3.8, 4) is 11.3 Å². The standard InChI is InChI=1S/C23H23N3O4/c1-3-16-9-11-17(12-10-16)19-13-14-22(28)26(25-19)15-21(27)24-20-8-6-5-7-18(20)23(29)30-4-2/h5-14H,3-4,15H2,1-2H3,(H,24,27). The van der Waals surface area contributed by atoms with E-state index in [0.29, 0.717) is 11.4 Å². The van der Waals surface area contributed by atoms with Gasteiger partial charge in [0.25, 0.3) is 5.56 Å². The Morgan fingerprint density at radius 3 is 2.43 bits per heavy atom. The lowest BCUT2D eigenvalue weighted by molar-refractivity contribution is -0.117. The van der Waals surface area contributed by atoms with Gasteiger partial charge in [-0.3, -0.25) is 9.59 Å². The summed E-state index contributed by atoms with van der Waals surface area (Å²) in [5, 5.41) is 6.98. The number of nitrogens with one attached hydrogen (secondary N) is 1. The molecule has 3 aromatic rings. The molecule has 0 unspecified atom stereocenters. The van der Waals surface area contributed by atoms with Crippen LogP contribution in [0.2, 0.25) is 0 Å². The molecule has 0 spiro atoms. The minimum absolute atomic E-state index is 0.229. The molecule has 3 rings (SSSR count). The Kier molecular flexibility index (Phi) is 6.75. The Morgan fingerprint density at radius 2 is 1.73 bits per heavy atom. The van der Waals surface area contributed by atoms with Gasteiger partial charge in [-0.05, 0) is 37.1 Å². The molecule has 2 aromatic carbocycles. The van der Waals surface area contributed by atoms with Gasteiger partial charge in [0, 0.05) is 11.6 Å². The van der Waals surface area contributed by atoms with Crippen LogP contribution in [-0.2, 0) is 22.5 Å². The largest absolute Gasteiger partial charge is 0.462 e. The molecular weight excluding hydrogens is 382 g/mol. The van der Waals surface area contributed by atoms with Crippen LogP contribution in [0.1, 0.15) is 29.8 Å². The van der Waals surface area contributed by atoms with Crippen molar-refractivity contribution in [2.75, 3.05) is 11.9 Å². The Balaban J connectivity index is 1.79. The molecule has 0 aliphatic rings. The van der Waals surface area contributed by atoms with Crippen molar-refractivity contribution < 1.29 is 14.3 Å². The topological polar surface area (TPSA) is 90.3 Å². The van der Waals surface area contributed by atoms with Crippen molar-refractivity contribution in [2.24, 2.45) is 0 Å². The number of hydrogen-bond donors (Lipinski definition) is 1. The van der Waals surface area contributed by atoms with Gasteiger partial charge in [-0.25, -0.2) is 9.48 Å². The van der Waals surface area contributed by atoms with Gasteiger partial charge in [-0.15, -0.1) is 0 Å². The van der Waals surface area contributed by atoms with Crippen LogP contribution in [0.3, 0.4) is 0 Å². The summed E-state index contributed by atoms with van der Waals surface area (Å²) in [6, 6.07) is 17.5. The van der Waals surface area contributed by atoms with E-state index >= 15 is 0 Å². The lowest BCUT2D eigenvalue weighted by Crippen LogP contribution is -2.29. The molecule has 0 saturated heterocycles. The second-order valence-corrected chi connectivity index (χ2v) is 6.58. The van der Waals surface area contributed by atoms with E-state index in [2.05, 4.69) is 17.3 Å². The molecule has 0 atom stereocenters. The van der Waals surface area contributed by atoms with E-state index in [1.54, 1.807) is 37.3 Å². The summed E-state index contributed by atoms with van der Waals surface area (Å²) in [4.78, 5) is 36.8. The van der Waals surface area contributed by atoms with Gasteiger partial charge >= 0.3 is 5.97 Å². The normalized spacial score (nSPS) is 10.5. The number of carbonyl (C=O) groups is 2. The molecule has 154 valence electrons. The smallest absolute Gasteiger partial charge is 0.340 e. The van der Waals surface area contributed by atoms with Crippen molar-refractivity contribution in [1.29, 1.82) is 0 Å². The van der Waals surface area contributed by atoms with Crippen LogP contribution in [0.5, 0.6) is 0 Å². The van der Waals surface area contributed by atoms with Crippen LogP contribution in [0.25, 0.3) is 11.3 Å². The molecule has 0 bridgehead atoms. The average Bonchev–Trinajstić information content (AvgIpc) is 2.76. The highest BCUT2D eigenvalue weighted by molar-refractivity contribution is 6.01. The Labute approximate surface area is 174 Å². The number of aryl methyl sites for hydroxylation is 1. The van der Waals surface area contributed by atoms with Crippen LogP contribution in [-0.4, -0.2) is 28.3 Å². The van der Waals surface area contributed by atoms with Gasteiger partial charge in [0.1, 0.15) is 6.54 Å². The van der Waals surface area contributed by atoms with E-state index in [4.69, 9.17) is 4.74 Å². The first-order chi connectivity index (χ1) is 14.5. The first-order valence-electron chi connectivity index (χ1n) is 9.75. The third-order valence-corrected chi connectivity index (χ3v) is 4.51. The van der Waals surface area contributed by atoms with E-state index in [9.17, 15) is 14.4 Å². The molecular formula is C23H23N3O4. The summed E-state index contributed by atoms with van der Waals surface area (Å²) >= 11 is 0. The molecule has 0 saturated carbocycles. The fourth-order valence-electron chi connectivity index (χ4n) is 2.93. The molecule has 1 aromatic heterocycles. The lowest BCUT2D eigenvalue weighted by atomic mass is 10.1. The van der Waals surface area contributed by atoms with Crippen molar-refractivity contribution in [3.63, 3.8) is 0 Å². The highest BCUT2D eigenvalue weighted by Crippen LogP contribution is 2.18. The zero-order valence-electron chi connectivity index (χ0n) is 16.9. The zero-order chi connectivity index (χ0) is 21.5. The van der Waals surface area contributed by atoms with Crippen molar-refractivity contribution in [2.45, 2.75) is 26.8 Å². The SMILES string of the molecule is CCOC(=O)c1ccccc1NC(=O)Cn1nc(-c2ccc(CC)cc2)ccc1=O. The van der Waals surface area contributed by atoms with Crippen LogP contribution >= 0.6 is 0 Å². The van der Waals surface area contributed by atoms with Gasteiger partial charge in [0.15, 0.2) is 0 Å². The number of ether oxygens (including phenoxy) is 1. The quantitative estimate of drug-likeness (QED) is 0.609. The molecule has 1 heterocycles. The summed E-state index contributed by atoms with van der Waals surface area (Å²) in [6.45, 7) is 3.73. The maximum absolute atomic E-state index is 12.5. The van der Waals surface area contributed by atoms with Crippen LogP contribution in [0.4, 0.5) is 5.69 Å². The fraction of sp³-hybridized carbons (Fsp3) is 0.217. The van der Waals surface area contributed by atoms with E-state index in [0.717, 1.165) is 16.7 Å². The monoisotopic (exact) mass is 405 g/mol. The van der Waals surface area contributed by atoms with Gasteiger partial charge < -0.3 is 10.1 Å². The Hall–Kier alpha value is -3.74. The number of amides is 1. The number of rotatable bonds is 7. The fourth-order valence-corrected chi connectivity index (χ4v) is 2.93. The predicted molar refractivity (Wildman–Crippen MR) is 114 cm³/mol. The highest BCUT2D eigenvalue weighted by Gasteiger charge is 2.15. The summed E-state index contributed by atoms with van der Waals surface area (Å²) < 4.78 is 6.11. The molecule has 7 nitrogen and oxygen atoms in total. The Morgan fingerprint density at radius 1 is 1.00 bits per heavy atom. The summed E-state index contributed by atoms with van der Waals surface area (Å²) in [7, 11) is 0. The summed E-state index contributed by atoms with van der Waals surface area (Å²) in [5.74, 6) is -0.999. The number of anilines is 1. The maximum Gasteiger partial charge on any atom is 0.340 e. The minimum Gasteiger partial charge on any atom is -0.462 e. The number of benzene rings is 2. The second kappa shape index (κ2) is 9.65. The third kappa shape index (κ3) is 5.00. The first kappa shape index (κ1) is 21.0. The molecule has 1 amide bonds. The predicted octanol–water partition coefficient (Wildman–Crippen LogP) is 3.29. The highest BCUT2D eigenvalue weighted by atomic mass is 16.5. The molecule has 0 aliphatic heterocycles. The Bertz CT molecular complexity index is 1100. The minimum atomic E-state index is -0.527. The molecule has 7 heteroatoms. The van der Waals surface area contributed by atoms with Crippen molar-refractivity contribution >= 4 is 17.6 Å². The second-order valence-electron chi connectivity index (χ2n) is 6.58. The summed E-state index contributed by atoms with van der Waals surface area (Å²) in [5.41, 5.74) is 2.83. The number of nitrogens with zero attached hydrogens (tertiary/aromatic N) is 2. The molecule has 1 N–H and O–H groups in total. The van der Waals surface area contributed by atoms with Crippen molar-refractivity contribution in [3.05, 3.63) is 82.1 Å². The molecule has 30 heavy (non-hydrogen) atoms. The van der Waals surface area contributed by atoms with E-state index in [-0.39, 0.29) is 18.7 Å². The van der Waals surface area contributed by atoms with Crippen molar-refractivity contribution in [1.82, 2.24) is 9.78 Å². The average molecular weight is 405 g/mol. The van der Waals surface area contributed by atoms with E-state index < -0.39 is 17.4 Å². The molecule has 0 fully saturated rings. The lowest BCUT2D eigenvalue weighted by Gasteiger charge is -2.11. The number of esters is 1. The third-order valence-electron chi connectivity index (χ3n) is 4.51. The number of para-hydroxylation sites is 1. The van der Waals surface area contributed by atoms with Gasteiger partial charge in [0.2, 0.25) is 5.91 Å². The van der Waals surface area contributed by atoms with Gasteiger partial charge in [0.05, 0.1) is 23.6 Å². The van der Waals surface area contributed by atoms with E-state index in [1.807, 2.05) is 24.3 Å². The van der Waals surface area contributed by atoms with E-state index in [1.165, 1.54) is 11.6 Å². The first-order valence-corrected chi connectivity index (χ1v) is 9.75. The van der Waals surface area contributed by atoms with Gasteiger partial charge in [-0.2, -0.15) is 5.10 Å². The number of carbonyl (C=O) groups excluding carboxylic acids is 2. The maximum atomic E-state index is 12.5. The number of aromatic nitrogens is 2. The molecule has 0 radical (unpaired) electrons.